The van der Waals surface area contributed by atoms with E-state index in [4.69, 9.17) is 16.3 Å². The molecule has 1 aromatic rings. The molecule has 3 nitrogen and oxygen atoms in total. The number of amides is 1. The number of likely N-dealkylation sites (N-methyl/N-ethyl adjacent to an activating group) is 1. The summed E-state index contributed by atoms with van der Waals surface area (Å²) in [5, 5.41) is 0. The molecule has 0 fully saturated rings. The van der Waals surface area contributed by atoms with Gasteiger partial charge in [-0.25, -0.2) is 8.78 Å². The Morgan fingerprint density at radius 3 is 2.47 bits per heavy atom. The van der Waals surface area contributed by atoms with Crippen molar-refractivity contribution in [3.8, 4) is 0 Å². The van der Waals surface area contributed by atoms with Crippen LogP contribution in [0, 0.1) is 11.6 Å². The van der Waals surface area contributed by atoms with Gasteiger partial charge in [0, 0.05) is 19.0 Å². The summed E-state index contributed by atoms with van der Waals surface area (Å²) in [5.41, 5.74) is -0.526. The SMILES string of the molecule is CCN(CCOCCCl)C(=O)c1c(F)cccc1F. The predicted octanol–water partition coefficient (Wildman–Crippen LogP) is 2.68. The Bertz CT molecular complexity index is 409. The molecule has 0 saturated heterocycles. The molecule has 0 aliphatic carbocycles. The van der Waals surface area contributed by atoms with Gasteiger partial charge in [0.05, 0.1) is 13.2 Å². The third kappa shape index (κ3) is 4.44. The second kappa shape index (κ2) is 8.07. The summed E-state index contributed by atoms with van der Waals surface area (Å²) >= 11 is 5.45. The zero-order valence-electron chi connectivity index (χ0n) is 10.7. The van der Waals surface area contributed by atoms with Crippen molar-refractivity contribution in [3.63, 3.8) is 0 Å². The number of hydrogen-bond donors (Lipinski definition) is 0. The van der Waals surface area contributed by atoms with E-state index in [1.54, 1.807) is 6.92 Å². The van der Waals surface area contributed by atoms with Gasteiger partial charge in [0.15, 0.2) is 0 Å². The fourth-order valence-corrected chi connectivity index (χ4v) is 1.70. The van der Waals surface area contributed by atoms with Gasteiger partial charge in [-0.1, -0.05) is 6.07 Å². The Hall–Kier alpha value is -1.20. The Morgan fingerprint density at radius 1 is 1.32 bits per heavy atom. The van der Waals surface area contributed by atoms with Gasteiger partial charge in [-0.15, -0.1) is 11.6 Å². The van der Waals surface area contributed by atoms with E-state index in [0.717, 1.165) is 12.1 Å². The first-order chi connectivity index (χ1) is 9.11. The molecule has 0 unspecified atom stereocenters. The van der Waals surface area contributed by atoms with Crippen LogP contribution in [-0.2, 0) is 4.74 Å². The highest BCUT2D eigenvalue weighted by Crippen LogP contribution is 2.14. The first kappa shape index (κ1) is 15.9. The van der Waals surface area contributed by atoms with Gasteiger partial charge in [0.2, 0.25) is 0 Å². The van der Waals surface area contributed by atoms with Crippen molar-refractivity contribution in [3.05, 3.63) is 35.4 Å². The molecular formula is C13H16ClF2NO2. The molecule has 0 aromatic heterocycles. The molecule has 0 aliphatic heterocycles. The van der Waals surface area contributed by atoms with E-state index < -0.39 is 23.1 Å². The predicted molar refractivity (Wildman–Crippen MR) is 69.5 cm³/mol. The molecule has 0 radical (unpaired) electrons. The smallest absolute Gasteiger partial charge is 0.259 e. The first-order valence-corrected chi connectivity index (χ1v) is 6.52. The van der Waals surface area contributed by atoms with Crippen LogP contribution in [0.5, 0.6) is 0 Å². The van der Waals surface area contributed by atoms with Crippen molar-refractivity contribution in [2.45, 2.75) is 6.92 Å². The molecule has 0 atom stereocenters. The maximum atomic E-state index is 13.5. The van der Waals surface area contributed by atoms with Crippen LogP contribution >= 0.6 is 11.6 Å². The third-order valence-corrected chi connectivity index (χ3v) is 2.73. The summed E-state index contributed by atoms with van der Waals surface area (Å²) in [6, 6.07) is 3.35. The minimum Gasteiger partial charge on any atom is -0.378 e. The van der Waals surface area contributed by atoms with Crippen molar-refractivity contribution in [2.75, 3.05) is 32.2 Å². The van der Waals surface area contributed by atoms with Gasteiger partial charge >= 0.3 is 0 Å². The van der Waals surface area contributed by atoms with Crippen LogP contribution in [0.2, 0.25) is 0 Å². The lowest BCUT2D eigenvalue weighted by molar-refractivity contribution is 0.0662. The van der Waals surface area contributed by atoms with E-state index >= 15 is 0 Å². The fraction of sp³-hybridized carbons (Fsp3) is 0.462. The Kier molecular flexibility index (Phi) is 6.73. The molecule has 0 spiro atoms. The van der Waals surface area contributed by atoms with Crippen LogP contribution in [0.3, 0.4) is 0 Å². The number of alkyl halides is 1. The molecule has 106 valence electrons. The second-order valence-electron chi connectivity index (χ2n) is 3.78. The van der Waals surface area contributed by atoms with E-state index in [9.17, 15) is 13.6 Å². The zero-order chi connectivity index (χ0) is 14.3. The molecule has 0 bridgehead atoms. The lowest BCUT2D eigenvalue weighted by Crippen LogP contribution is -2.35. The monoisotopic (exact) mass is 291 g/mol. The fourth-order valence-electron chi connectivity index (χ4n) is 1.59. The van der Waals surface area contributed by atoms with E-state index in [-0.39, 0.29) is 13.2 Å². The number of carbonyl (C=O) groups excluding carboxylic acids is 1. The second-order valence-corrected chi connectivity index (χ2v) is 4.16. The van der Waals surface area contributed by atoms with Gasteiger partial charge in [-0.3, -0.25) is 4.79 Å². The maximum Gasteiger partial charge on any atom is 0.259 e. The number of ether oxygens (including phenoxy) is 1. The summed E-state index contributed by atoms with van der Waals surface area (Å²) in [6.45, 7) is 3.00. The molecule has 0 N–H and O–H groups in total. The van der Waals surface area contributed by atoms with Crippen molar-refractivity contribution in [1.29, 1.82) is 0 Å². The topological polar surface area (TPSA) is 29.5 Å². The molecule has 0 heterocycles. The standard InChI is InChI=1S/C13H16ClF2NO2/c1-2-17(7-9-19-8-6-14)13(18)12-10(15)4-3-5-11(12)16/h3-5H,2,6-9H2,1H3. The highest BCUT2D eigenvalue weighted by Gasteiger charge is 2.21. The van der Waals surface area contributed by atoms with Gasteiger partial charge in [0.1, 0.15) is 17.2 Å². The largest absolute Gasteiger partial charge is 0.378 e. The number of hydrogen-bond acceptors (Lipinski definition) is 2. The van der Waals surface area contributed by atoms with Crippen LogP contribution < -0.4 is 0 Å². The lowest BCUT2D eigenvalue weighted by Gasteiger charge is -2.21. The molecule has 1 rings (SSSR count). The summed E-state index contributed by atoms with van der Waals surface area (Å²) < 4.78 is 32.2. The van der Waals surface area contributed by atoms with Crippen LogP contribution in [0.25, 0.3) is 0 Å². The van der Waals surface area contributed by atoms with Crippen LogP contribution in [0.1, 0.15) is 17.3 Å². The van der Waals surface area contributed by atoms with E-state index in [1.165, 1.54) is 11.0 Å². The lowest BCUT2D eigenvalue weighted by atomic mass is 10.1. The van der Waals surface area contributed by atoms with Gasteiger partial charge in [-0.05, 0) is 19.1 Å². The van der Waals surface area contributed by atoms with Crippen LogP contribution in [0.4, 0.5) is 8.78 Å². The average molecular weight is 292 g/mol. The van der Waals surface area contributed by atoms with E-state index in [2.05, 4.69) is 0 Å². The molecule has 6 heteroatoms. The molecule has 0 saturated carbocycles. The average Bonchev–Trinajstić information content (AvgIpc) is 2.38. The summed E-state index contributed by atoms with van der Waals surface area (Å²) in [4.78, 5) is 13.4. The number of halogens is 3. The van der Waals surface area contributed by atoms with Gasteiger partial charge < -0.3 is 9.64 Å². The number of carbonyl (C=O) groups is 1. The van der Waals surface area contributed by atoms with Crippen LogP contribution in [-0.4, -0.2) is 43.0 Å². The highest BCUT2D eigenvalue weighted by molar-refractivity contribution is 6.17. The number of rotatable bonds is 7. The van der Waals surface area contributed by atoms with E-state index in [1.807, 2.05) is 0 Å². The van der Waals surface area contributed by atoms with Crippen molar-refractivity contribution in [1.82, 2.24) is 4.90 Å². The van der Waals surface area contributed by atoms with E-state index in [0.29, 0.717) is 19.0 Å². The summed E-state index contributed by atoms with van der Waals surface area (Å²) in [5.74, 6) is -2.02. The third-order valence-electron chi connectivity index (χ3n) is 2.57. The van der Waals surface area contributed by atoms with Gasteiger partial charge in [0.25, 0.3) is 5.91 Å². The number of nitrogens with zero attached hydrogens (tertiary/aromatic N) is 1. The van der Waals surface area contributed by atoms with Gasteiger partial charge in [-0.2, -0.15) is 0 Å². The minimum atomic E-state index is -0.856. The molecule has 19 heavy (non-hydrogen) atoms. The summed E-state index contributed by atoms with van der Waals surface area (Å²) in [6.07, 6.45) is 0. The Labute approximate surface area is 116 Å². The zero-order valence-corrected chi connectivity index (χ0v) is 11.4. The Balaban J connectivity index is 2.73. The molecule has 0 aliphatic rings. The highest BCUT2D eigenvalue weighted by atomic mass is 35.5. The molecular weight excluding hydrogens is 276 g/mol. The first-order valence-electron chi connectivity index (χ1n) is 5.98. The Morgan fingerprint density at radius 2 is 1.95 bits per heavy atom. The van der Waals surface area contributed by atoms with Crippen LogP contribution in [0.15, 0.2) is 18.2 Å². The van der Waals surface area contributed by atoms with Crippen molar-refractivity contribution >= 4 is 17.5 Å². The molecule has 1 aromatic carbocycles. The van der Waals surface area contributed by atoms with Crippen molar-refractivity contribution < 1.29 is 18.3 Å². The quantitative estimate of drug-likeness (QED) is 0.571. The minimum absolute atomic E-state index is 0.264. The number of benzene rings is 1. The van der Waals surface area contributed by atoms with Crippen molar-refractivity contribution in [2.24, 2.45) is 0 Å². The normalized spacial score (nSPS) is 10.5. The maximum absolute atomic E-state index is 13.5. The molecule has 1 amide bonds. The summed E-state index contributed by atoms with van der Waals surface area (Å²) in [7, 11) is 0.